The minimum atomic E-state index is -3.00. The van der Waals surface area contributed by atoms with E-state index in [2.05, 4.69) is 5.32 Å². The number of hydrogen-bond acceptors (Lipinski definition) is 6. The maximum Gasteiger partial charge on any atom is 0.203 e. The Kier molecular flexibility index (Phi) is 6.61. The molecule has 6 nitrogen and oxygen atoms in total. The highest BCUT2D eigenvalue weighted by atomic mass is 32.2. The number of anilines is 1. The molecule has 1 aromatic carbocycles. The molecular formula is C14H23NO5S. The summed E-state index contributed by atoms with van der Waals surface area (Å²) in [5.41, 5.74) is 0.719. The van der Waals surface area contributed by atoms with Crippen molar-refractivity contribution in [1.82, 2.24) is 0 Å². The van der Waals surface area contributed by atoms with Crippen molar-refractivity contribution in [3.8, 4) is 17.2 Å². The van der Waals surface area contributed by atoms with E-state index in [4.69, 9.17) is 14.2 Å². The minimum absolute atomic E-state index is 0.0947. The first kappa shape index (κ1) is 17.4. The lowest BCUT2D eigenvalue weighted by Crippen LogP contribution is -2.18. The summed E-state index contributed by atoms with van der Waals surface area (Å²) in [5, 5.41) is 3.07. The minimum Gasteiger partial charge on any atom is -0.493 e. The van der Waals surface area contributed by atoms with Crippen LogP contribution in [-0.2, 0) is 9.84 Å². The molecule has 0 aromatic heterocycles. The van der Waals surface area contributed by atoms with Crippen LogP contribution in [0.25, 0.3) is 0 Å². The summed E-state index contributed by atoms with van der Waals surface area (Å²) >= 11 is 0. The predicted octanol–water partition coefficient (Wildman–Crippen LogP) is 1.95. The van der Waals surface area contributed by atoms with Crippen molar-refractivity contribution in [3.63, 3.8) is 0 Å². The van der Waals surface area contributed by atoms with Gasteiger partial charge >= 0.3 is 0 Å². The first-order chi connectivity index (χ1) is 9.97. The van der Waals surface area contributed by atoms with Gasteiger partial charge in [0, 0.05) is 30.1 Å². The lowest BCUT2D eigenvalue weighted by atomic mass is 10.2. The summed E-state index contributed by atoms with van der Waals surface area (Å²) < 4.78 is 39.0. The molecular weight excluding hydrogens is 294 g/mol. The van der Waals surface area contributed by atoms with Crippen LogP contribution in [0.3, 0.4) is 0 Å². The summed E-state index contributed by atoms with van der Waals surface area (Å²) in [4.78, 5) is 0. The maximum atomic E-state index is 11.7. The third-order valence-electron chi connectivity index (χ3n) is 2.92. The van der Waals surface area contributed by atoms with E-state index < -0.39 is 9.84 Å². The van der Waals surface area contributed by atoms with Crippen LogP contribution in [0.2, 0.25) is 0 Å². The Bertz CT molecular complexity index is 531. The van der Waals surface area contributed by atoms with Gasteiger partial charge in [-0.2, -0.15) is 0 Å². The Labute approximate surface area is 126 Å². The number of benzene rings is 1. The fourth-order valence-electron chi connectivity index (χ4n) is 1.95. The molecule has 0 aliphatic rings. The van der Waals surface area contributed by atoms with Gasteiger partial charge in [0.25, 0.3) is 0 Å². The van der Waals surface area contributed by atoms with Crippen LogP contribution in [-0.4, -0.2) is 47.8 Å². The molecule has 0 spiro atoms. The van der Waals surface area contributed by atoms with Gasteiger partial charge in [-0.1, -0.05) is 6.92 Å². The maximum absolute atomic E-state index is 11.7. The molecule has 21 heavy (non-hydrogen) atoms. The molecule has 0 fully saturated rings. The average Bonchev–Trinajstić information content (AvgIpc) is 2.45. The molecule has 0 atom stereocenters. The standard InChI is InChI=1S/C14H23NO5S/c1-5-7-21(16,17)8-6-15-11-9-12(18-2)14(20-4)13(10-11)19-3/h9-10,15H,5-8H2,1-4H3. The highest BCUT2D eigenvalue weighted by molar-refractivity contribution is 7.91. The molecule has 0 radical (unpaired) electrons. The molecule has 0 aliphatic heterocycles. The van der Waals surface area contributed by atoms with E-state index in [1.807, 2.05) is 6.92 Å². The normalized spacial score (nSPS) is 11.0. The zero-order valence-electron chi connectivity index (χ0n) is 12.9. The number of rotatable bonds is 9. The topological polar surface area (TPSA) is 73.9 Å². The first-order valence-corrected chi connectivity index (χ1v) is 8.53. The van der Waals surface area contributed by atoms with Gasteiger partial charge in [0.05, 0.1) is 27.1 Å². The van der Waals surface area contributed by atoms with E-state index in [0.29, 0.717) is 30.2 Å². The van der Waals surface area contributed by atoms with Crippen molar-refractivity contribution in [2.45, 2.75) is 13.3 Å². The number of nitrogens with one attached hydrogen (secondary N) is 1. The largest absolute Gasteiger partial charge is 0.493 e. The molecule has 1 rings (SSSR count). The van der Waals surface area contributed by atoms with Gasteiger partial charge in [0.1, 0.15) is 0 Å². The quantitative estimate of drug-likeness (QED) is 0.750. The van der Waals surface area contributed by atoms with Crippen LogP contribution in [0.4, 0.5) is 5.69 Å². The smallest absolute Gasteiger partial charge is 0.203 e. The number of methoxy groups -OCH3 is 3. The van der Waals surface area contributed by atoms with E-state index in [0.717, 1.165) is 5.69 Å². The van der Waals surface area contributed by atoms with Gasteiger partial charge < -0.3 is 19.5 Å². The van der Waals surface area contributed by atoms with E-state index in [1.54, 1.807) is 12.1 Å². The number of hydrogen-bond donors (Lipinski definition) is 1. The monoisotopic (exact) mass is 317 g/mol. The van der Waals surface area contributed by atoms with Crippen molar-refractivity contribution in [2.75, 3.05) is 44.7 Å². The molecule has 0 saturated carbocycles. The van der Waals surface area contributed by atoms with Crippen molar-refractivity contribution < 1.29 is 22.6 Å². The number of sulfone groups is 1. The summed E-state index contributed by atoms with van der Waals surface area (Å²) in [6, 6.07) is 3.49. The average molecular weight is 317 g/mol. The number of ether oxygens (including phenoxy) is 3. The Morgan fingerprint density at radius 2 is 1.57 bits per heavy atom. The molecule has 0 bridgehead atoms. The molecule has 0 amide bonds. The van der Waals surface area contributed by atoms with Gasteiger partial charge in [-0.05, 0) is 6.42 Å². The lowest BCUT2D eigenvalue weighted by Gasteiger charge is -2.15. The predicted molar refractivity (Wildman–Crippen MR) is 83.5 cm³/mol. The van der Waals surface area contributed by atoms with Gasteiger partial charge in [-0.25, -0.2) is 8.42 Å². The highest BCUT2D eigenvalue weighted by Gasteiger charge is 2.14. The summed E-state index contributed by atoms with van der Waals surface area (Å²) in [6.07, 6.45) is 0.631. The molecule has 0 aliphatic carbocycles. The van der Waals surface area contributed by atoms with E-state index in [1.165, 1.54) is 21.3 Å². The second kappa shape index (κ2) is 7.97. The second-order valence-electron chi connectivity index (χ2n) is 4.49. The third kappa shape index (κ3) is 5.00. The van der Waals surface area contributed by atoms with Crippen LogP contribution in [0.15, 0.2) is 12.1 Å². The molecule has 7 heteroatoms. The summed E-state index contributed by atoms with van der Waals surface area (Å²) in [5.74, 6) is 1.86. The van der Waals surface area contributed by atoms with Gasteiger partial charge in [0.2, 0.25) is 5.75 Å². The SMILES string of the molecule is CCCS(=O)(=O)CCNc1cc(OC)c(OC)c(OC)c1. The molecule has 0 unspecified atom stereocenters. The second-order valence-corrected chi connectivity index (χ2v) is 6.80. The Hall–Kier alpha value is -1.63. The van der Waals surface area contributed by atoms with Crippen molar-refractivity contribution in [3.05, 3.63) is 12.1 Å². The van der Waals surface area contributed by atoms with E-state index >= 15 is 0 Å². The van der Waals surface area contributed by atoms with Gasteiger partial charge in [0.15, 0.2) is 21.3 Å². The summed E-state index contributed by atoms with van der Waals surface area (Å²) in [6.45, 7) is 2.19. The van der Waals surface area contributed by atoms with Gasteiger partial charge in [-0.15, -0.1) is 0 Å². The molecule has 1 aromatic rings. The fourth-order valence-corrected chi connectivity index (χ4v) is 3.19. The molecule has 0 heterocycles. The third-order valence-corrected chi connectivity index (χ3v) is 4.78. The van der Waals surface area contributed by atoms with Crippen molar-refractivity contribution >= 4 is 15.5 Å². The highest BCUT2D eigenvalue weighted by Crippen LogP contribution is 2.39. The van der Waals surface area contributed by atoms with Gasteiger partial charge in [-0.3, -0.25) is 0 Å². The Morgan fingerprint density at radius 3 is 2.00 bits per heavy atom. The lowest BCUT2D eigenvalue weighted by molar-refractivity contribution is 0.324. The van der Waals surface area contributed by atoms with Crippen LogP contribution >= 0.6 is 0 Å². The molecule has 0 saturated heterocycles. The Balaban J connectivity index is 2.80. The zero-order chi connectivity index (χ0) is 15.9. The van der Waals surface area contributed by atoms with Crippen LogP contribution in [0.5, 0.6) is 17.2 Å². The Morgan fingerprint density at radius 1 is 1.00 bits per heavy atom. The van der Waals surface area contributed by atoms with Crippen molar-refractivity contribution in [1.29, 1.82) is 0 Å². The van der Waals surface area contributed by atoms with Crippen LogP contribution < -0.4 is 19.5 Å². The molecule has 120 valence electrons. The van der Waals surface area contributed by atoms with Crippen LogP contribution in [0, 0.1) is 0 Å². The van der Waals surface area contributed by atoms with Crippen LogP contribution in [0.1, 0.15) is 13.3 Å². The van der Waals surface area contributed by atoms with E-state index in [9.17, 15) is 8.42 Å². The zero-order valence-corrected chi connectivity index (χ0v) is 13.7. The van der Waals surface area contributed by atoms with E-state index in [-0.39, 0.29) is 11.5 Å². The summed E-state index contributed by atoms with van der Waals surface area (Å²) in [7, 11) is 1.61. The molecule has 1 N–H and O–H groups in total. The fraction of sp³-hybridized carbons (Fsp3) is 0.571. The van der Waals surface area contributed by atoms with Crippen molar-refractivity contribution in [2.24, 2.45) is 0 Å². The first-order valence-electron chi connectivity index (χ1n) is 6.71.